The summed E-state index contributed by atoms with van der Waals surface area (Å²) in [6, 6.07) is 25.0. The number of esters is 1. The van der Waals surface area contributed by atoms with Crippen LogP contribution in [0.4, 0.5) is 0 Å². The largest absolute Gasteiger partial charge is 0.458 e. The zero-order valence-electron chi connectivity index (χ0n) is 16.8. The summed E-state index contributed by atoms with van der Waals surface area (Å²) in [6.45, 7) is 4.72. The molecule has 0 saturated heterocycles. The molecule has 1 atom stereocenters. The van der Waals surface area contributed by atoms with Crippen LogP contribution >= 0.6 is 0 Å². The molecule has 0 aliphatic rings. The highest BCUT2D eigenvalue weighted by molar-refractivity contribution is 6.08. The molecule has 0 aliphatic carbocycles. The number of carbonyl (C=O) groups is 1. The van der Waals surface area contributed by atoms with Crippen LogP contribution in [0.15, 0.2) is 78.9 Å². The van der Waals surface area contributed by atoms with Gasteiger partial charge in [0.1, 0.15) is 6.61 Å². The Bertz CT molecular complexity index is 1170. The first-order chi connectivity index (χ1) is 14.2. The third-order valence-electron chi connectivity index (χ3n) is 5.40. The molecule has 0 spiro atoms. The molecule has 1 aromatic heterocycles. The summed E-state index contributed by atoms with van der Waals surface area (Å²) in [6.07, 6.45) is 4.31. The van der Waals surface area contributed by atoms with E-state index in [1.54, 1.807) is 6.08 Å². The second-order valence-corrected chi connectivity index (χ2v) is 7.35. The molecule has 0 saturated carbocycles. The Morgan fingerprint density at radius 1 is 0.966 bits per heavy atom. The van der Waals surface area contributed by atoms with E-state index in [4.69, 9.17) is 4.74 Å². The van der Waals surface area contributed by atoms with Crippen LogP contribution in [0.5, 0.6) is 0 Å². The highest BCUT2D eigenvalue weighted by Gasteiger charge is 2.14. The van der Waals surface area contributed by atoms with Crippen LogP contribution in [-0.2, 0) is 16.1 Å². The lowest BCUT2D eigenvalue weighted by Gasteiger charge is -2.14. The summed E-state index contributed by atoms with van der Waals surface area (Å²) in [5.74, 6) is -0.337. The van der Waals surface area contributed by atoms with Gasteiger partial charge in [-0.25, -0.2) is 4.79 Å². The van der Waals surface area contributed by atoms with Crippen molar-refractivity contribution in [2.75, 3.05) is 0 Å². The van der Waals surface area contributed by atoms with Crippen LogP contribution in [0, 0.1) is 0 Å². The van der Waals surface area contributed by atoms with Gasteiger partial charge < -0.3 is 9.30 Å². The molecule has 0 amide bonds. The fourth-order valence-corrected chi connectivity index (χ4v) is 3.73. The molecule has 29 heavy (non-hydrogen) atoms. The van der Waals surface area contributed by atoms with Gasteiger partial charge in [0.25, 0.3) is 0 Å². The second kappa shape index (κ2) is 8.36. The lowest BCUT2D eigenvalue weighted by molar-refractivity contribution is -0.138. The van der Waals surface area contributed by atoms with Gasteiger partial charge >= 0.3 is 5.97 Å². The van der Waals surface area contributed by atoms with Crippen LogP contribution in [0.2, 0.25) is 0 Å². The fraction of sp³-hybridized carbons (Fsp3) is 0.192. The van der Waals surface area contributed by atoms with Crippen LogP contribution < -0.4 is 0 Å². The molecule has 1 heterocycles. The van der Waals surface area contributed by atoms with E-state index in [1.165, 1.54) is 27.9 Å². The van der Waals surface area contributed by atoms with Crippen LogP contribution in [0.3, 0.4) is 0 Å². The van der Waals surface area contributed by atoms with Crippen molar-refractivity contribution in [3.63, 3.8) is 0 Å². The molecule has 0 bridgehead atoms. The van der Waals surface area contributed by atoms with Crippen LogP contribution in [-0.4, -0.2) is 10.5 Å². The number of hydrogen-bond acceptors (Lipinski definition) is 2. The van der Waals surface area contributed by atoms with Gasteiger partial charge in [0.15, 0.2) is 0 Å². The number of para-hydroxylation sites is 1. The van der Waals surface area contributed by atoms with Gasteiger partial charge in [-0.2, -0.15) is 0 Å². The Hall–Kier alpha value is -3.33. The van der Waals surface area contributed by atoms with Crippen LogP contribution in [0.1, 0.15) is 37.4 Å². The van der Waals surface area contributed by atoms with Crippen molar-refractivity contribution < 1.29 is 9.53 Å². The van der Waals surface area contributed by atoms with Crippen molar-refractivity contribution in [1.82, 2.24) is 4.57 Å². The molecular formula is C26H25NO2. The van der Waals surface area contributed by atoms with E-state index in [1.807, 2.05) is 36.4 Å². The molecule has 0 N–H and O–H groups in total. The average molecular weight is 383 g/mol. The van der Waals surface area contributed by atoms with Gasteiger partial charge in [-0.1, -0.05) is 61.5 Å². The quantitative estimate of drug-likeness (QED) is 0.280. The Morgan fingerprint density at radius 2 is 1.69 bits per heavy atom. The fourth-order valence-electron chi connectivity index (χ4n) is 3.73. The minimum atomic E-state index is -0.337. The van der Waals surface area contributed by atoms with Crippen molar-refractivity contribution in [2.24, 2.45) is 0 Å². The average Bonchev–Trinajstić information content (AvgIpc) is 3.10. The highest BCUT2D eigenvalue weighted by atomic mass is 16.5. The number of carbonyl (C=O) groups excluding carboxylic acids is 1. The van der Waals surface area contributed by atoms with E-state index in [-0.39, 0.29) is 12.6 Å². The van der Waals surface area contributed by atoms with E-state index < -0.39 is 0 Å². The standard InChI is InChI=1S/C26H25NO2/c1-3-19(2)27-24-12-8-7-11-22(24)23-17-21(13-15-25(23)27)18-29-26(28)16-14-20-9-5-4-6-10-20/h4-17,19H,3,18H2,1-2H3. The molecular weight excluding hydrogens is 358 g/mol. The topological polar surface area (TPSA) is 31.2 Å². The lowest BCUT2D eigenvalue weighted by Crippen LogP contribution is -2.03. The monoisotopic (exact) mass is 383 g/mol. The first-order valence-corrected chi connectivity index (χ1v) is 10.1. The number of nitrogens with zero attached hydrogens (tertiary/aromatic N) is 1. The van der Waals surface area contributed by atoms with Gasteiger partial charge in [0, 0.05) is 33.9 Å². The summed E-state index contributed by atoms with van der Waals surface area (Å²) in [7, 11) is 0. The second-order valence-electron chi connectivity index (χ2n) is 7.35. The Kier molecular flexibility index (Phi) is 5.48. The van der Waals surface area contributed by atoms with Gasteiger partial charge in [-0.3, -0.25) is 0 Å². The molecule has 4 rings (SSSR count). The maximum Gasteiger partial charge on any atom is 0.331 e. The molecule has 3 aromatic carbocycles. The summed E-state index contributed by atoms with van der Waals surface area (Å²) in [4.78, 5) is 12.1. The highest BCUT2D eigenvalue weighted by Crippen LogP contribution is 2.33. The predicted molar refractivity (Wildman–Crippen MR) is 120 cm³/mol. The van der Waals surface area contributed by atoms with Crippen molar-refractivity contribution in [2.45, 2.75) is 32.9 Å². The summed E-state index contributed by atoms with van der Waals surface area (Å²) in [5, 5.41) is 2.44. The summed E-state index contributed by atoms with van der Waals surface area (Å²) < 4.78 is 7.86. The number of ether oxygens (including phenoxy) is 1. The van der Waals surface area contributed by atoms with Crippen molar-refractivity contribution >= 4 is 33.9 Å². The molecule has 1 unspecified atom stereocenters. The number of fused-ring (bicyclic) bond motifs is 3. The number of hydrogen-bond donors (Lipinski definition) is 0. The van der Waals surface area contributed by atoms with Crippen molar-refractivity contribution in [3.05, 3.63) is 90.0 Å². The SMILES string of the molecule is CCC(C)n1c2ccccc2c2cc(COC(=O)C=Cc3ccccc3)ccc21. The summed E-state index contributed by atoms with van der Waals surface area (Å²) >= 11 is 0. The minimum absolute atomic E-state index is 0.261. The predicted octanol–water partition coefficient (Wildman–Crippen LogP) is 6.52. The molecule has 4 aromatic rings. The zero-order valence-corrected chi connectivity index (χ0v) is 16.8. The number of aromatic nitrogens is 1. The maximum absolute atomic E-state index is 12.1. The van der Waals surface area contributed by atoms with E-state index in [0.29, 0.717) is 6.04 Å². The molecule has 0 aliphatic heterocycles. The first-order valence-electron chi connectivity index (χ1n) is 10.1. The Morgan fingerprint density at radius 3 is 2.48 bits per heavy atom. The van der Waals surface area contributed by atoms with Crippen molar-refractivity contribution in [1.29, 1.82) is 0 Å². The van der Waals surface area contributed by atoms with Gasteiger partial charge in [0.2, 0.25) is 0 Å². The molecule has 3 heteroatoms. The Labute approximate surface area is 171 Å². The smallest absolute Gasteiger partial charge is 0.331 e. The van der Waals surface area contributed by atoms with Gasteiger partial charge in [-0.15, -0.1) is 0 Å². The molecule has 3 nitrogen and oxygen atoms in total. The van der Waals surface area contributed by atoms with E-state index in [9.17, 15) is 4.79 Å². The number of rotatable bonds is 6. The molecule has 146 valence electrons. The van der Waals surface area contributed by atoms with Crippen LogP contribution in [0.25, 0.3) is 27.9 Å². The van der Waals surface area contributed by atoms with Gasteiger partial charge in [-0.05, 0) is 48.7 Å². The third-order valence-corrected chi connectivity index (χ3v) is 5.40. The van der Waals surface area contributed by atoms with E-state index >= 15 is 0 Å². The Balaban J connectivity index is 1.57. The van der Waals surface area contributed by atoms with E-state index in [0.717, 1.165) is 17.5 Å². The molecule has 0 fully saturated rings. The third kappa shape index (κ3) is 3.95. The zero-order chi connectivity index (χ0) is 20.2. The molecule has 0 radical (unpaired) electrons. The van der Waals surface area contributed by atoms with E-state index in [2.05, 4.69) is 54.8 Å². The lowest BCUT2D eigenvalue weighted by atomic mass is 10.1. The number of benzene rings is 3. The van der Waals surface area contributed by atoms with Crippen molar-refractivity contribution in [3.8, 4) is 0 Å². The maximum atomic E-state index is 12.1. The summed E-state index contributed by atoms with van der Waals surface area (Å²) in [5.41, 5.74) is 4.44. The first kappa shape index (κ1) is 19.0. The minimum Gasteiger partial charge on any atom is -0.458 e. The normalized spacial score (nSPS) is 12.6. The van der Waals surface area contributed by atoms with Gasteiger partial charge in [0.05, 0.1) is 0 Å².